The van der Waals surface area contributed by atoms with E-state index in [0.717, 1.165) is 6.07 Å². The minimum Gasteiger partial charge on any atom is -0.496 e. The first-order chi connectivity index (χ1) is 10.5. The molecule has 0 spiro atoms. The van der Waals surface area contributed by atoms with Crippen molar-refractivity contribution in [3.05, 3.63) is 65.2 Å². The summed E-state index contributed by atoms with van der Waals surface area (Å²) in [5.41, 5.74) is -0.169. The van der Waals surface area contributed by atoms with Crippen LogP contribution >= 0.6 is 0 Å². The Morgan fingerprint density at radius 3 is 2.45 bits per heavy atom. The first kappa shape index (κ1) is 15.9. The van der Waals surface area contributed by atoms with Crippen molar-refractivity contribution in [3.63, 3.8) is 0 Å². The molecule has 0 unspecified atom stereocenters. The number of hydrogen-bond donors (Lipinski definition) is 0. The van der Waals surface area contributed by atoms with E-state index in [2.05, 4.69) is 11.4 Å². The highest BCUT2D eigenvalue weighted by Crippen LogP contribution is 2.32. The average Bonchev–Trinajstić information content (AvgIpc) is 2.51. The van der Waals surface area contributed by atoms with Gasteiger partial charge in [0.05, 0.1) is 12.7 Å². The van der Waals surface area contributed by atoms with Gasteiger partial charge in [0.15, 0.2) is 0 Å². The summed E-state index contributed by atoms with van der Waals surface area (Å²) < 4.78 is 43.5. The van der Waals surface area contributed by atoms with E-state index >= 15 is 0 Å². The Labute approximate surface area is 126 Å². The van der Waals surface area contributed by atoms with Crippen molar-refractivity contribution in [2.24, 2.45) is 5.16 Å². The predicted molar refractivity (Wildman–Crippen MR) is 75.8 cm³/mol. The molecule has 0 aliphatic carbocycles. The Morgan fingerprint density at radius 1 is 1.05 bits per heavy atom. The summed E-state index contributed by atoms with van der Waals surface area (Å²) in [5.74, 6) is 0.547. The normalized spacial score (nSPS) is 11.6. The van der Waals surface area contributed by atoms with Crippen LogP contribution in [0.4, 0.5) is 13.2 Å². The van der Waals surface area contributed by atoms with E-state index in [9.17, 15) is 13.2 Å². The highest BCUT2D eigenvalue weighted by molar-refractivity contribution is 5.82. The molecule has 0 aliphatic rings. The molecule has 0 bridgehead atoms. The summed E-state index contributed by atoms with van der Waals surface area (Å²) in [6.07, 6.45) is -1.83. The summed E-state index contributed by atoms with van der Waals surface area (Å²) in [6, 6.07) is 12.2. The summed E-state index contributed by atoms with van der Waals surface area (Å²) in [4.78, 5) is 4.92. The second kappa shape index (κ2) is 6.98. The average molecular weight is 308 g/mol. The van der Waals surface area contributed by atoms with Gasteiger partial charge < -0.3 is 9.57 Å². The Hall–Kier alpha value is -2.50. The molecule has 0 saturated heterocycles. The van der Waals surface area contributed by atoms with Gasteiger partial charge in [-0.05, 0) is 18.2 Å². The van der Waals surface area contributed by atoms with Crippen LogP contribution in [0, 0.1) is 0 Å². The fourth-order valence-corrected chi connectivity index (χ4v) is 1.84. The van der Waals surface area contributed by atoms with E-state index in [-0.39, 0.29) is 12.2 Å². The first-order valence-electron chi connectivity index (χ1n) is 6.38. The number of alkyl halides is 3. The van der Waals surface area contributed by atoms with Crippen LogP contribution in [0.1, 0.15) is 16.7 Å². The minimum atomic E-state index is -4.42. The topological polar surface area (TPSA) is 30.8 Å². The third kappa shape index (κ3) is 4.00. The maximum Gasteiger partial charge on any atom is 0.416 e. The van der Waals surface area contributed by atoms with Crippen LogP contribution in [0.2, 0.25) is 0 Å². The molecule has 0 fully saturated rings. The third-order valence-electron chi connectivity index (χ3n) is 2.88. The molecule has 0 atom stereocenters. The number of benzene rings is 2. The van der Waals surface area contributed by atoms with Crippen molar-refractivity contribution in [1.82, 2.24) is 0 Å². The largest absolute Gasteiger partial charge is 0.496 e. The van der Waals surface area contributed by atoms with Crippen molar-refractivity contribution in [2.75, 3.05) is 7.11 Å². The smallest absolute Gasteiger partial charge is 0.416 e. The standard InChI is InChI=1S/C16H13F3NO2/c1-21-15-9-5-3-6-12(15)10-20-22-11-13-7-2-4-8-14(13)16(17,18)19/h2-9H,11H2,1H3. The SMILES string of the molecule is COc1ccccc1/[C]=N\OCc1ccccc1C(F)(F)F. The zero-order valence-corrected chi connectivity index (χ0v) is 11.7. The number of rotatable bonds is 5. The molecule has 0 amide bonds. The van der Waals surface area contributed by atoms with Crippen LogP contribution in [-0.2, 0) is 17.6 Å². The molecule has 2 aromatic rings. The van der Waals surface area contributed by atoms with E-state index in [0.29, 0.717) is 11.3 Å². The third-order valence-corrected chi connectivity index (χ3v) is 2.88. The van der Waals surface area contributed by atoms with E-state index < -0.39 is 11.7 Å². The molecule has 115 valence electrons. The van der Waals surface area contributed by atoms with Crippen molar-refractivity contribution in [1.29, 1.82) is 0 Å². The van der Waals surface area contributed by atoms with Gasteiger partial charge in [0.25, 0.3) is 0 Å². The van der Waals surface area contributed by atoms with Gasteiger partial charge in [-0.3, -0.25) is 0 Å². The summed E-state index contributed by atoms with van der Waals surface area (Å²) in [7, 11) is 1.50. The number of halogens is 3. The number of methoxy groups -OCH3 is 1. The zero-order chi connectivity index (χ0) is 16.0. The maximum atomic E-state index is 12.8. The van der Waals surface area contributed by atoms with Gasteiger partial charge in [0.1, 0.15) is 18.6 Å². The van der Waals surface area contributed by atoms with E-state index in [1.54, 1.807) is 24.3 Å². The molecule has 22 heavy (non-hydrogen) atoms. The number of hydrogen-bond acceptors (Lipinski definition) is 3. The second-order valence-electron chi connectivity index (χ2n) is 4.33. The minimum absolute atomic E-state index is 0.0144. The highest BCUT2D eigenvalue weighted by Gasteiger charge is 2.32. The molecule has 3 nitrogen and oxygen atoms in total. The fourth-order valence-electron chi connectivity index (χ4n) is 1.84. The molecule has 1 radical (unpaired) electrons. The van der Waals surface area contributed by atoms with Gasteiger partial charge in [0, 0.05) is 11.1 Å². The molecule has 0 aliphatic heterocycles. The first-order valence-corrected chi connectivity index (χ1v) is 6.38. The van der Waals surface area contributed by atoms with Crippen LogP contribution < -0.4 is 4.74 Å². The van der Waals surface area contributed by atoms with Gasteiger partial charge in [-0.1, -0.05) is 35.5 Å². The van der Waals surface area contributed by atoms with E-state index in [1.165, 1.54) is 25.3 Å². The lowest BCUT2D eigenvalue weighted by Gasteiger charge is -2.11. The van der Waals surface area contributed by atoms with Crippen molar-refractivity contribution in [3.8, 4) is 5.75 Å². The van der Waals surface area contributed by atoms with Crippen LogP contribution in [0.3, 0.4) is 0 Å². The Balaban J connectivity index is 2.04. The molecule has 0 aromatic heterocycles. The molecule has 0 saturated carbocycles. The molecular weight excluding hydrogens is 295 g/mol. The van der Waals surface area contributed by atoms with Crippen LogP contribution in [0.5, 0.6) is 5.75 Å². The lowest BCUT2D eigenvalue weighted by molar-refractivity contribution is -0.138. The Morgan fingerprint density at radius 2 is 1.73 bits per heavy atom. The molecular formula is C16H13F3NO2. The van der Waals surface area contributed by atoms with E-state index in [4.69, 9.17) is 9.57 Å². The number of para-hydroxylation sites is 1. The molecule has 6 heteroatoms. The number of ether oxygens (including phenoxy) is 1. The summed E-state index contributed by atoms with van der Waals surface area (Å²) in [6.45, 7) is -0.294. The molecule has 0 N–H and O–H groups in total. The monoisotopic (exact) mass is 308 g/mol. The lowest BCUT2D eigenvalue weighted by atomic mass is 10.1. The maximum absolute atomic E-state index is 12.8. The van der Waals surface area contributed by atoms with Gasteiger partial charge >= 0.3 is 6.18 Å². The van der Waals surface area contributed by atoms with Crippen LogP contribution in [0.25, 0.3) is 0 Å². The van der Waals surface area contributed by atoms with Crippen LogP contribution in [0.15, 0.2) is 53.7 Å². The van der Waals surface area contributed by atoms with Gasteiger partial charge in [0.2, 0.25) is 0 Å². The summed E-state index contributed by atoms with van der Waals surface area (Å²) in [5, 5.41) is 3.57. The number of nitrogens with zero attached hydrogens (tertiary/aromatic N) is 1. The second-order valence-corrected chi connectivity index (χ2v) is 4.33. The van der Waals surface area contributed by atoms with Crippen molar-refractivity contribution >= 4 is 6.21 Å². The van der Waals surface area contributed by atoms with Crippen molar-refractivity contribution < 1.29 is 22.7 Å². The molecule has 0 heterocycles. The Bertz CT molecular complexity index is 654. The molecule has 2 aromatic carbocycles. The van der Waals surface area contributed by atoms with Crippen LogP contribution in [-0.4, -0.2) is 13.3 Å². The van der Waals surface area contributed by atoms with Crippen molar-refractivity contribution in [2.45, 2.75) is 12.8 Å². The quantitative estimate of drug-likeness (QED) is 0.614. The van der Waals surface area contributed by atoms with Gasteiger partial charge in [-0.15, -0.1) is 0 Å². The lowest BCUT2D eigenvalue weighted by Crippen LogP contribution is -2.09. The van der Waals surface area contributed by atoms with Gasteiger partial charge in [-0.25, -0.2) is 0 Å². The fraction of sp³-hybridized carbons (Fsp3) is 0.188. The summed E-state index contributed by atoms with van der Waals surface area (Å²) >= 11 is 0. The van der Waals surface area contributed by atoms with E-state index in [1.807, 2.05) is 0 Å². The highest BCUT2D eigenvalue weighted by atomic mass is 19.4. The Kier molecular flexibility index (Phi) is 5.04. The molecule has 2 rings (SSSR count). The van der Waals surface area contributed by atoms with Gasteiger partial charge in [-0.2, -0.15) is 13.2 Å². The zero-order valence-electron chi connectivity index (χ0n) is 11.7. The predicted octanol–water partition coefficient (Wildman–Crippen LogP) is 4.14.